The van der Waals surface area contributed by atoms with E-state index in [4.69, 9.17) is 7.85 Å². The summed E-state index contributed by atoms with van der Waals surface area (Å²) in [5.74, 6) is 0. The van der Waals surface area contributed by atoms with Crippen LogP contribution in [0.25, 0.3) is 30.9 Å². The molecule has 0 aliphatic rings. The molecule has 0 fully saturated rings. The Balaban J connectivity index is 2.35. The third-order valence-electron chi connectivity index (χ3n) is 3.42. The van der Waals surface area contributed by atoms with Gasteiger partial charge in [-0.2, -0.15) is 0 Å². The second kappa shape index (κ2) is 3.60. The molecule has 0 saturated heterocycles. The van der Waals surface area contributed by atoms with Crippen LogP contribution in [-0.2, 0) is 0 Å². The second-order valence-corrected chi connectivity index (χ2v) is 5.54. The zero-order valence-electron chi connectivity index (χ0n) is 9.68. The number of benzene rings is 3. The van der Waals surface area contributed by atoms with Crippen LogP contribution in [0.15, 0.2) is 54.6 Å². The minimum atomic E-state index is 0.865. The van der Waals surface area contributed by atoms with E-state index < -0.39 is 0 Å². The fraction of sp³-hybridized carbons (Fsp3) is 0. The molecular weight excluding hydrogens is 235 g/mol. The maximum atomic E-state index is 6.15. The Morgan fingerprint density at radius 3 is 2.61 bits per heavy atom. The number of thiophene rings is 1. The van der Waals surface area contributed by atoms with Crippen molar-refractivity contribution < 1.29 is 0 Å². The Morgan fingerprint density at radius 1 is 0.778 bits per heavy atom. The lowest BCUT2D eigenvalue weighted by molar-refractivity contribution is 1.85. The quantitative estimate of drug-likeness (QED) is 0.410. The van der Waals surface area contributed by atoms with E-state index in [2.05, 4.69) is 42.5 Å². The molecule has 4 rings (SSSR count). The van der Waals surface area contributed by atoms with E-state index in [1.54, 1.807) is 0 Å². The molecule has 0 bridgehead atoms. The molecule has 82 valence electrons. The van der Waals surface area contributed by atoms with Crippen LogP contribution < -0.4 is 5.46 Å². The highest BCUT2D eigenvalue weighted by Gasteiger charge is 2.08. The summed E-state index contributed by atoms with van der Waals surface area (Å²) in [6.07, 6.45) is 0. The number of hydrogen-bond donors (Lipinski definition) is 0. The molecule has 18 heavy (non-hydrogen) atoms. The standard InChI is InChI=1S/C16H9BS/c17-13-6-3-4-10-8-9-12-11-5-1-2-7-14(11)18-16(12)15(10)13/h1-9H. The topological polar surface area (TPSA) is 0 Å². The summed E-state index contributed by atoms with van der Waals surface area (Å²) in [4.78, 5) is 0. The lowest BCUT2D eigenvalue weighted by Crippen LogP contribution is -2.02. The third kappa shape index (κ3) is 1.27. The Hall–Kier alpha value is -1.80. The smallest absolute Gasteiger partial charge is 0.114 e. The van der Waals surface area contributed by atoms with Gasteiger partial charge >= 0.3 is 0 Å². The predicted octanol–water partition coefficient (Wildman–Crippen LogP) is 4.00. The zero-order chi connectivity index (χ0) is 12.1. The Bertz CT molecular complexity index is 889. The van der Waals surface area contributed by atoms with E-state index >= 15 is 0 Å². The highest BCUT2D eigenvalue weighted by Crippen LogP contribution is 2.37. The molecule has 0 N–H and O–H groups in total. The SMILES string of the molecule is [B]c1cccc2ccc3c4ccccc4sc3c12. The van der Waals surface area contributed by atoms with Crippen LogP contribution >= 0.6 is 11.3 Å². The van der Waals surface area contributed by atoms with Crippen molar-refractivity contribution in [3.05, 3.63) is 54.6 Å². The molecule has 0 unspecified atom stereocenters. The van der Waals surface area contributed by atoms with Gasteiger partial charge in [0.15, 0.2) is 0 Å². The first-order chi connectivity index (χ1) is 8.84. The number of fused-ring (bicyclic) bond motifs is 5. The lowest BCUT2D eigenvalue weighted by atomic mass is 9.89. The van der Waals surface area contributed by atoms with Crippen molar-refractivity contribution in [3.8, 4) is 0 Å². The second-order valence-electron chi connectivity index (χ2n) is 4.49. The average molecular weight is 244 g/mol. The van der Waals surface area contributed by atoms with Crippen LogP contribution in [-0.4, -0.2) is 7.85 Å². The molecule has 0 atom stereocenters. The van der Waals surface area contributed by atoms with Crippen LogP contribution in [0.1, 0.15) is 0 Å². The van der Waals surface area contributed by atoms with Gasteiger partial charge in [0.25, 0.3) is 0 Å². The van der Waals surface area contributed by atoms with Crippen molar-refractivity contribution in [1.82, 2.24) is 0 Å². The fourth-order valence-electron chi connectivity index (χ4n) is 2.58. The van der Waals surface area contributed by atoms with Gasteiger partial charge in [0, 0.05) is 20.2 Å². The summed E-state index contributed by atoms with van der Waals surface area (Å²) >= 11 is 1.83. The fourth-order valence-corrected chi connectivity index (χ4v) is 3.86. The summed E-state index contributed by atoms with van der Waals surface area (Å²) in [5, 5.41) is 5.04. The van der Waals surface area contributed by atoms with Crippen molar-refractivity contribution in [2.45, 2.75) is 0 Å². The molecule has 0 amide bonds. The van der Waals surface area contributed by atoms with Crippen molar-refractivity contribution in [3.63, 3.8) is 0 Å². The molecule has 0 aliphatic heterocycles. The highest BCUT2D eigenvalue weighted by molar-refractivity contribution is 7.26. The first-order valence-electron chi connectivity index (χ1n) is 5.93. The largest absolute Gasteiger partial charge is 0.135 e. The predicted molar refractivity (Wildman–Crippen MR) is 82.2 cm³/mol. The summed E-state index contributed by atoms with van der Waals surface area (Å²) in [6, 6.07) is 19.0. The Kier molecular flexibility index (Phi) is 2.03. The maximum absolute atomic E-state index is 6.15. The molecule has 1 heterocycles. The van der Waals surface area contributed by atoms with Gasteiger partial charge in [-0.3, -0.25) is 0 Å². The normalized spacial score (nSPS) is 11.6. The van der Waals surface area contributed by atoms with E-state index in [1.807, 2.05) is 23.5 Å². The van der Waals surface area contributed by atoms with Crippen LogP contribution in [0, 0.1) is 0 Å². The highest BCUT2D eigenvalue weighted by atomic mass is 32.1. The van der Waals surface area contributed by atoms with E-state index in [0.717, 1.165) is 5.46 Å². The van der Waals surface area contributed by atoms with Crippen molar-refractivity contribution in [2.24, 2.45) is 0 Å². The van der Waals surface area contributed by atoms with Gasteiger partial charge in [0.1, 0.15) is 7.85 Å². The summed E-state index contributed by atoms with van der Waals surface area (Å²) < 4.78 is 2.62. The first-order valence-corrected chi connectivity index (χ1v) is 6.75. The molecule has 3 aromatic carbocycles. The van der Waals surface area contributed by atoms with Gasteiger partial charge in [0.05, 0.1) is 0 Å². The van der Waals surface area contributed by atoms with Gasteiger partial charge < -0.3 is 0 Å². The maximum Gasteiger partial charge on any atom is 0.114 e. The van der Waals surface area contributed by atoms with Crippen LogP contribution in [0.5, 0.6) is 0 Å². The van der Waals surface area contributed by atoms with Gasteiger partial charge in [-0.1, -0.05) is 54.0 Å². The van der Waals surface area contributed by atoms with Crippen LogP contribution in [0.2, 0.25) is 0 Å². The Morgan fingerprint density at radius 2 is 1.67 bits per heavy atom. The molecular formula is C16H9BS. The van der Waals surface area contributed by atoms with Crippen molar-refractivity contribution in [2.75, 3.05) is 0 Å². The molecule has 0 nitrogen and oxygen atoms in total. The summed E-state index contributed by atoms with van der Waals surface area (Å²) in [6.45, 7) is 0. The van der Waals surface area contributed by atoms with E-state index in [9.17, 15) is 0 Å². The van der Waals surface area contributed by atoms with Crippen molar-refractivity contribution in [1.29, 1.82) is 0 Å². The summed E-state index contributed by atoms with van der Waals surface area (Å²) in [7, 11) is 6.15. The van der Waals surface area contributed by atoms with Gasteiger partial charge in [0.2, 0.25) is 0 Å². The van der Waals surface area contributed by atoms with E-state index in [-0.39, 0.29) is 0 Å². The summed E-state index contributed by atoms with van der Waals surface area (Å²) in [5.41, 5.74) is 0.865. The molecule has 0 aliphatic carbocycles. The van der Waals surface area contributed by atoms with Crippen molar-refractivity contribution >= 4 is 55.6 Å². The zero-order valence-corrected chi connectivity index (χ0v) is 10.5. The van der Waals surface area contributed by atoms with Gasteiger partial charge in [-0.15, -0.1) is 11.3 Å². The molecule has 2 heteroatoms. The molecule has 0 saturated carbocycles. The molecule has 1 aromatic heterocycles. The molecule has 0 spiro atoms. The Labute approximate surface area is 110 Å². The van der Waals surface area contributed by atoms with Gasteiger partial charge in [-0.05, 0) is 16.8 Å². The molecule has 4 aromatic rings. The number of hydrogen-bond acceptors (Lipinski definition) is 1. The molecule has 2 radical (unpaired) electrons. The number of rotatable bonds is 0. The third-order valence-corrected chi connectivity index (χ3v) is 4.62. The van der Waals surface area contributed by atoms with Crippen LogP contribution in [0.3, 0.4) is 0 Å². The van der Waals surface area contributed by atoms with E-state index in [0.29, 0.717) is 0 Å². The average Bonchev–Trinajstić information content (AvgIpc) is 2.77. The minimum absolute atomic E-state index is 0.865. The van der Waals surface area contributed by atoms with E-state index in [1.165, 1.54) is 30.9 Å². The minimum Gasteiger partial charge on any atom is -0.135 e. The van der Waals surface area contributed by atoms with Gasteiger partial charge in [-0.25, -0.2) is 0 Å². The van der Waals surface area contributed by atoms with Crippen LogP contribution in [0.4, 0.5) is 0 Å². The first kappa shape index (κ1) is 10.2. The lowest BCUT2D eigenvalue weighted by Gasteiger charge is -2.03. The monoisotopic (exact) mass is 244 g/mol.